The van der Waals surface area contributed by atoms with E-state index < -0.39 is 0 Å². The summed E-state index contributed by atoms with van der Waals surface area (Å²) in [4.78, 5) is 30.7. The number of piperazine rings is 1. The molecule has 3 rings (SSSR count). The van der Waals surface area contributed by atoms with E-state index in [0.717, 1.165) is 32.7 Å². The van der Waals surface area contributed by atoms with E-state index in [4.69, 9.17) is 11.6 Å². The van der Waals surface area contributed by atoms with E-state index in [1.54, 1.807) is 24.3 Å². The maximum absolute atomic E-state index is 12.7. The minimum absolute atomic E-state index is 0.114. The van der Waals surface area contributed by atoms with Crippen molar-refractivity contribution < 1.29 is 9.59 Å². The normalized spacial score (nSPS) is 24.3. The first kappa shape index (κ1) is 15.5. The summed E-state index contributed by atoms with van der Waals surface area (Å²) in [5.41, 5.74) is 0.606. The van der Waals surface area contributed by atoms with Crippen LogP contribution in [0.2, 0.25) is 5.02 Å². The fourth-order valence-corrected chi connectivity index (χ4v) is 3.28. The molecule has 2 heterocycles. The molecule has 22 heavy (non-hydrogen) atoms. The predicted octanol–water partition coefficient (Wildman–Crippen LogP) is 1.61. The average Bonchev–Trinajstić information content (AvgIpc) is 2.83. The van der Waals surface area contributed by atoms with Crippen LogP contribution in [0.3, 0.4) is 0 Å². The number of imide groups is 1. The summed E-state index contributed by atoms with van der Waals surface area (Å²) in [6.45, 7) is 6.76. The lowest BCUT2D eigenvalue weighted by atomic mass is 10.1. The minimum Gasteiger partial charge on any atom is -0.301 e. The van der Waals surface area contributed by atoms with Crippen LogP contribution in [0, 0.1) is 0 Å². The van der Waals surface area contributed by atoms with Crippen molar-refractivity contribution in [1.29, 1.82) is 0 Å². The lowest BCUT2D eigenvalue weighted by molar-refractivity contribution is -0.123. The van der Waals surface area contributed by atoms with Crippen molar-refractivity contribution in [2.75, 3.05) is 37.6 Å². The van der Waals surface area contributed by atoms with Crippen LogP contribution in [0.5, 0.6) is 0 Å². The molecule has 0 unspecified atom stereocenters. The first-order chi connectivity index (χ1) is 10.6. The van der Waals surface area contributed by atoms with Crippen molar-refractivity contribution in [3.8, 4) is 0 Å². The SMILES string of the molecule is CCN1CCN([C@@H]2CC(=O)N(c3ccc(Cl)cc3)C2=O)CC1. The molecule has 0 bridgehead atoms. The average molecular weight is 322 g/mol. The molecule has 0 radical (unpaired) electrons. The molecule has 1 atom stereocenters. The molecule has 0 aromatic heterocycles. The number of benzene rings is 1. The first-order valence-electron chi connectivity index (χ1n) is 7.69. The number of carbonyl (C=O) groups excluding carboxylic acids is 2. The van der Waals surface area contributed by atoms with Crippen molar-refractivity contribution in [3.05, 3.63) is 29.3 Å². The fourth-order valence-electron chi connectivity index (χ4n) is 3.15. The summed E-state index contributed by atoms with van der Waals surface area (Å²) >= 11 is 5.87. The van der Waals surface area contributed by atoms with Gasteiger partial charge in [0.2, 0.25) is 5.91 Å². The molecule has 6 heteroatoms. The van der Waals surface area contributed by atoms with Crippen LogP contribution in [0.4, 0.5) is 5.69 Å². The van der Waals surface area contributed by atoms with E-state index in [1.165, 1.54) is 4.90 Å². The van der Waals surface area contributed by atoms with Crippen LogP contribution in [0.1, 0.15) is 13.3 Å². The Balaban J connectivity index is 1.73. The number of rotatable bonds is 3. The first-order valence-corrected chi connectivity index (χ1v) is 8.06. The zero-order chi connectivity index (χ0) is 15.7. The minimum atomic E-state index is -0.317. The highest BCUT2D eigenvalue weighted by Crippen LogP contribution is 2.27. The molecule has 0 spiro atoms. The Morgan fingerprint density at radius 2 is 1.73 bits per heavy atom. The molecular formula is C16H20ClN3O2. The van der Waals surface area contributed by atoms with Crippen molar-refractivity contribution >= 4 is 29.1 Å². The molecule has 1 aromatic rings. The third-order valence-electron chi connectivity index (χ3n) is 4.50. The van der Waals surface area contributed by atoms with Crippen LogP contribution in [0.15, 0.2) is 24.3 Å². The number of hydrogen-bond acceptors (Lipinski definition) is 4. The Morgan fingerprint density at radius 1 is 1.09 bits per heavy atom. The van der Waals surface area contributed by atoms with Crippen LogP contribution in [-0.2, 0) is 9.59 Å². The smallest absolute Gasteiger partial charge is 0.251 e. The Hall–Kier alpha value is -1.43. The molecular weight excluding hydrogens is 302 g/mol. The van der Waals surface area contributed by atoms with Gasteiger partial charge in [0.15, 0.2) is 0 Å². The second-order valence-electron chi connectivity index (χ2n) is 5.73. The predicted molar refractivity (Wildman–Crippen MR) is 86.0 cm³/mol. The lowest BCUT2D eigenvalue weighted by Gasteiger charge is -2.36. The Kier molecular flexibility index (Phi) is 4.47. The van der Waals surface area contributed by atoms with Gasteiger partial charge in [0.25, 0.3) is 5.91 Å². The van der Waals surface area contributed by atoms with Crippen LogP contribution in [0.25, 0.3) is 0 Å². The number of likely N-dealkylation sites (N-methyl/N-ethyl adjacent to an activating group) is 1. The standard InChI is InChI=1S/C16H20ClN3O2/c1-2-18-7-9-19(10-8-18)14-11-15(21)20(16(14)22)13-5-3-12(17)4-6-13/h3-6,14H,2,7-11H2,1H3/t14-/m1/s1. The van der Waals surface area contributed by atoms with Crippen molar-refractivity contribution in [2.24, 2.45) is 0 Å². The van der Waals surface area contributed by atoms with E-state index in [9.17, 15) is 9.59 Å². The second kappa shape index (κ2) is 6.36. The molecule has 5 nitrogen and oxygen atoms in total. The van der Waals surface area contributed by atoms with Crippen LogP contribution < -0.4 is 4.90 Å². The largest absolute Gasteiger partial charge is 0.301 e. The molecule has 2 fully saturated rings. The van der Waals surface area contributed by atoms with Crippen LogP contribution in [-0.4, -0.2) is 60.4 Å². The number of amides is 2. The molecule has 0 saturated carbocycles. The summed E-state index contributed by atoms with van der Waals surface area (Å²) in [7, 11) is 0. The topological polar surface area (TPSA) is 43.9 Å². The molecule has 2 amide bonds. The highest BCUT2D eigenvalue weighted by Gasteiger charge is 2.43. The zero-order valence-corrected chi connectivity index (χ0v) is 13.4. The molecule has 1 aromatic carbocycles. The number of hydrogen-bond donors (Lipinski definition) is 0. The highest BCUT2D eigenvalue weighted by atomic mass is 35.5. The maximum atomic E-state index is 12.7. The Bertz CT molecular complexity index is 567. The number of carbonyl (C=O) groups is 2. The van der Waals surface area contributed by atoms with Crippen molar-refractivity contribution in [1.82, 2.24) is 9.80 Å². The zero-order valence-electron chi connectivity index (χ0n) is 12.7. The van der Waals surface area contributed by atoms with Crippen molar-refractivity contribution in [3.63, 3.8) is 0 Å². The molecule has 2 aliphatic rings. The van der Waals surface area contributed by atoms with E-state index in [1.807, 2.05) is 0 Å². The van der Waals surface area contributed by atoms with Gasteiger partial charge in [0, 0.05) is 31.2 Å². The van der Waals surface area contributed by atoms with E-state index in [-0.39, 0.29) is 24.3 Å². The highest BCUT2D eigenvalue weighted by molar-refractivity contribution is 6.30. The monoisotopic (exact) mass is 321 g/mol. The Labute approximate surface area is 135 Å². The second-order valence-corrected chi connectivity index (χ2v) is 6.17. The lowest BCUT2D eigenvalue weighted by Crippen LogP contribution is -2.52. The van der Waals surface area contributed by atoms with Gasteiger partial charge in [-0.15, -0.1) is 0 Å². The summed E-state index contributed by atoms with van der Waals surface area (Å²) in [5, 5.41) is 0.593. The van der Waals surface area contributed by atoms with Gasteiger partial charge in [-0.1, -0.05) is 18.5 Å². The van der Waals surface area contributed by atoms with Crippen molar-refractivity contribution in [2.45, 2.75) is 19.4 Å². The summed E-state index contributed by atoms with van der Waals surface area (Å²) in [6.07, 6.45) is 0.271. The Morgan fingerprint density at radius 3 is 2.32 bits per heavy atom. The van der Waals surface area contributed by atoms with Gasteiger partial charge in [-0.05, 0) is 30.8 Å². The number of nitrogens with zero attached hydrogens (tertiary/aromatic N) is 3. The van der Waals surface area contributed by atoms with Gasteiger partial charge in [0.05, 0.1) is 18.2 Å². The summed E-state index contributed by atoms with van der Waals surface area (Å²) in [6, 6.07) is 6.52. The van der Waals surface area contributed by atoms with Gasteiger partial charge >= 0.3 is 0 Å². The molecule has 0 N–H and O–H groups in total. The van der Waals surface area contributed by atoms with Crippen LogP contribution >= 0.6 is 11.6 Å². The molecule has 2 aliphatic heterocycles. The molecule has 118 valence electrons. The van der Waals surface area contributed by atoms with Gasteiger partial charge in [0.1, 0.15) is 0 Å². The van der Waals surface area contributed by atoms with E-state index in [2.05, 4.69) is 16.7 Å². The quantitative estimate of drug-likeness (QED) is 0.793. The maximum Gasteiger partial charge on any atom is 0.251 e. The summed E-state index contributed by atoms with van der Waals surface area (Å²) in [5.74, 6) is -0.243. The molecule has 2 saturated heterocycles. The van der Waals surface area contributed by atoms with E-state index >= 15 is 0 Å². The number of anilines is 1. The third-order valence-corrected chi connectivity index (χ3v) is 4.75. The summed E-state index contributed by atoms with van der Waals surface area (Å²) < 4.78 is 0. The van der Waals surface area contributed by atoms with Gasteiger partial charge in [-0.3, -0.25) is 14.5 Å². The number of halogens is 1. The third kappa shape index (κ3) is 2.89. The van der Waals surface area contributed by atoms with E-state index in [0.29, 0.717) is 10.7 Å². The van der Waals surface area contributed by atoms with Gasteiger partial charge in [-0.25, -0.2) is 4.90 Å². The van der Waals surface area contributed by atoms with Gasteiger partial charge in [-0.2, -0.15) is 0 Å². The fraction of sp³-hybridized carbons (Fsp3) is 0.500. The molecule has 0 aliphatic carbocycles. The van der Waals surface area contributed by atoms with Gasteiger partial charge < -0.3 is 4.90 Å².